The average molecular weight is 276 g/mol. The standard InChI is InChI=1S/C12H20N8/c1-19-5-3-4-8(19)7-20(2)11-9-6-14-18-10(9)15-12(16-11)17-13/h6,8H,3-5,7,13H2,1-2H3,(H2,14,15,16,17,18). The van der Waals surface area contributed by atoms with E-state index in [2.05, 4.69) is 42.4 Å². The molecule has 0 spiro atoms. The zero-order valence-corrected chi connectivity index (χ0v) is 11.8. The molecule has 1 aliphatic rings. The number of hydrogen-bond acceptors (Lipinski definition) is 7. The molecule has 0 radical (unpaired) electrons. The lowest BCUT2D eigenvalue weighted by molar-refractivity contribution is 0.314. The number of nitrogens with two attached hydrogens (primary N) is 1. The van der Waals surface area contributed by atoms with Crippen molar-refractivity contribution in [3.8, 4) is 0 Å². The highest BCUT2D eigenvalue weighted by molar-refractivity contribution is 5.87. The molecule has 8 nitrogen and oxygen atoms in total. The first kappa shape index (κ1) is 13.1. The third-order valence-electron chi connectivity index (χ3n) is 3.94. The summed E-state index contributed by atoms with van der Waals surface area (Å²) in [4.78, 5) is 13.2. The number of rotatable bonds is 4. The summed E-state index contributed by atoms with van der Waals surface area (Å²) in [6, 6.07) is 0.561. The minimum Gasteiger partial charge on any atom is -0.357 e. The number of aromatic nitrogens is 4. The van der Waals surface area contributed by atoms with Crippen molar-refractivity contribution < 1.29 is 0 Å². The summed E-state index contributed by atoms with van der Waals surface area (Å²) in [6.07, 6.45) is 4.23. The Labute approximate surface area is 117 Å². The van der Waals surface area contributed by atoms with E-state index in [4.69, 9.17) is 5.84 Å². The monoisotopic (exact) mass is 276 g/mol. The molecule has 1 atom stereocenters. The predicted octanol–water partition coefficient (Wildman–Crippen LogP) is 0.169. The first-order valence-electron chi connectivity index (χ1n) is 6.78. The Bertz CT molecular complexity index is 594. The van der Waals surface area contributed by atoms with E-state index in [0.29, 0.717) is 17.6 Å². The second-order valence-electron chi connectivity index (χ2n) is 5.30. The lowest BCUT2D eigenvalue weighted by Crippen LogP contribution is -2.37. The van der Waals surface area contributed by atoms with Gasteiger partial charge in [-0.15, -0.1) is 0 Å². The minimum absolute atomic E-state index is 0.392. The Morgan fingerprint density at radius 2 is 2.40 bits per heavy atom. The van der Waals surface area contributed by atoms with Crippen molar-refractivity contribution in [3.63, 3.8) is 0 Å². The van der Waals surface area contributed by atoms with Gasteiger partial charge in [-0.1, -0.05) is 0 Å². The van der Waals surface area contributed by atoms with Crippen LogP contribution in [0.25, 0.3) is 11.0 Å². The molecule has 2 aromatic heterocycles. The second kappa shape index (κ2) is 5.22. The number of nitrogen functional groups attached to an aromatic ring is 1. The first-order valence-corrected chi connectivity index (χ1v) is 6.78. The van der Waals surface area contributed by atoms with Gasteiger partial charge in [0.05, 0.1) is 11.6 Å². The van der Waals surface area contributed by atoms with Crippen LogP contribution >= 0.6 is 0 Å². The van der Waals surface area contributed by atoms with Crippen molar-refractivity contribution in [2.45, 2.75) is 18.9 Å². The SMILES string of the molecule is CN(CC1CCCN1C)c1nc(NN)nc2[nH]ncc12. The third-order valence-corrected chi connectivity index (χ3v) is 3.94. The summed E-state index contributed by atoms with van der Waals surface area (Å²) < 4.78 is 0. The summed E-state index contributed by atoms with van der Waals surface area (Å²) in [7, 11) is 4.22. The minimum atomic E-state index is 0.392. The summed E-state index contributed by atoms with van der Waals surface area (Å²) in [5, 5.41) is 7.80. The van der Waals surface area contributed by atoms with Gasteiger partial charge in [-0.2, -0.15) is 15.1 Å². The van der Waals surface area contributed by atoms with E-state index in [1.165, 1.54) is 19.4 Å². The number of fused-ring (bicyclic) bond motifs is 1. The Kier molecular flexibility index (Phi) is 3.41. The van der Waals surface area contributed by atoms with Gasteiger partial charge in [-0.25, -0.2) is 5.84 Å². The van der Waals surface area contributed by atoms with Crippen molar-refractivity contribution in [2.75, 3.05) is 37.5 Å². The largest absolute Gasteiger partial charge is 0.357 e. The van der Waals surface area contributed by atoms with Gasteiger partial charge in [0.25, 0.3) is 0 Å². The van der Waals surface area contributed by atoms with Crippen LogP contribution < -0.4 is 16.2 Å². The lowest BCUT2D eigenvalue weighted by Gasteiger charge is -2.27. The number of anilines is 2. The van der Waals surface area contributed by atoms with E-state index in [-0.39, 0.29) is 0 Å². The molecule has 3 rings (SSSR count). The van der Waals surface area contributed by atoms with Gasteiger partial charge >= 0.3 is 0 Å². The molecule has 1 saturated heterocycles. The fourth-order valence-corrected chi connectivity index (χ4v) is 2.79. The van der Waals surface area contributed by atoms with Crippen LogP contribution in [0.3, 0.4) is 0 Å². The van der Waals surface area contributed by atoms with E-state index < -0.39 is 0 Å². The van der Waals surface area contributed by atoms with Gasteiger partial charge in [0.15, 0.2) is 5.65 Å². The fraction of sp³-hybridized carbons (Fsp3) is 0.583. The highest BCUT2D eigenvalue weighted by Crippen LogP contribution is 2.24. The van der Waals surface area contributed by atoms with E-state index in [9.17, 15) is 0 Å². The van der Waals surface area contributed by atoms with E-state index >= 15 is 0 Å². The van der Waals surface area contributed by atoms with Gasteiger partial charge in [0.1, 0.15) is 5.82 Å². The topological polar surface area (TPSA) is 99.0 Å². The zero-order valence-electron chi connectivity index (χ0n) is 11.8. The number of hydrazine groups is 1. The smallest absolute Gasteiger partial charge is 0.241 e. The van der Waals surface area contributed by atoms with Crippen LogP contribution in [0.5, 0.6) is 0 Å². The van der Waals surface area contributed by atoms with Crippen molar-refractivity contribution in [1.29, 1.82) is 0 Å². The van der Waals surface area contributed by atoms with Gasteiger partial charge in [-0.3, -0.25) is 10.5 Å². The molecule has 0 bridgehead atoms. The molecule has 4 N–H and O–H groups in total. The normalized spacial score (nSPS) is 19.6. The number of aromatic amines is 1. The molecule has 0 aromatic carbocycles. The van der Waals surface area contributed by atoms with Crippen molar-refractivity contribution >= 4 is 22.8 Å². The maximum atomic E-state index is 5.43. The highest BCUT2D eigenvalue weighted by atomic mass is 15.3. The quantitative estimate of drug-likeness (QED) is 0.540. The van der Waals surface area contributed by atoms with Crippen LogP contribution in [-0.2, 0) is 0 Å². The highest BCUT2D eigenvalue weighted by Gasteiger charge is 2.23. The van der Waals surface area contributed by atoms with E-state index in [1.54, 1.807) is 6.20 Å². The first-order chi connectivity index (χ1) is 9.69. The molecular weight excluding hydrogens is 256 g/mol. The molecule has 0 amide bonds. The van der Waals surface area contributed by atoms with Gasteiger partial charge in [0, 0.05) is 19.6 Å². The maximum absolute atomic E-state index is 5.43. The van der Waals surface area contributed by atoms with Crippen molar-refractivity contribution in [3.05, 3.63) is 6.20 Å². The molecule has 1 unspecified atom stereocenters. The molecule has 1 aliphatic heterocycles. The number of likely N-dealkylation sites (tertiary alicyclic amines) is 1. The second-order valence-corrected chi connectivity index (χ2v) is 5.30. The van der Waals surface area contributed by atoms with Gasteiger partial charge in [0.2, 0.25) is 5.95 Å². The van der Waals surface area contributed by atoms with Crippen LogP contribution in [0, 0.1) is 0 Å². The molecule has 0 saturated carbocycles. The molecule has 20 heavy (non-hydrogen) atoms. The molecule has 108 valence electrons. The van der Waals surface area contributed by atoms with Crippen molar-refractivity contribution in [2.24, 2.45) is 5.84 Å². The summed E-state index contributed by atoms with van der Waals surface area (Å²) >= 11 is 0. The van der Waals surface area contributed by atoms with Crippen LogP contribution in [0.4, 0.5) is 11.8 Å². The lowest BCUT2D eigenvalue weighted by atomic mass is 10.2. The average Bonchev–Trinajstić information content (AvgIpc) is 3.06. The van der Waals surface area contributed by atoms with E-state index in [1.807, 2.05) is 7.05 Å². The van der Waals surface area contributed by atoms with Crippen molar-refractivity contribution in [1.82, 2.24) is 25.1 Å². The zero-order chi connectivity index (χ0) is 14.1. The Hall–Kier alpha value is -1.93. The van der Waals surface area contributed by atoms with Gasteiger partial charge < -0.3 is 9.80 Å². The molecule has 2 aromatic rings. The Morgan fingerprint density at radius 1 is 1.55 bits per heavy atom. The Balaban J connectivity index is 1.89. The van der Waals surface area contributed by atoms with Crippen LogP contribution in [0.2, 0.25) is 0 Å². The third kappa shape index (κ3) is 2.27. The number of hydrogen-bond donors (Lipinski definition) is 3. The Morgan fingerprint density at radius 3 is 3.10 bits per heavy atom. The maximum Gasteiger partial charge on any atom is 0.241 e. The number of nitrogens with zero attached hydrogens (tertiary/aromatic N) is 5. The number of nitrogens with one attached hydrogen (secondary N) is 2. The van der Waals surface area contributed by atoms with Crippen LogP contribution in [0.1, 0.15) is 12.8 Å². The molecular formula is C12H20N8. The van der Waals surface area contributed by atoms with Crippen LogP contribution in [0.15, 0.2) is 6.20 Å². The molecule has 8 heteroatoms. The summed E-state index contributed by atoms with van der Waals surface area (Å²) in [5.74, 6) is 6.66. The van der Waals surface area contributed by atoms with Gasteiger partial charge in [-0.05, 0) is 26.4 Å². The van der Waals surface area contributed by atoms with E-state index in [0.717, 1.165) is 17.7 Å². The predicted molar refractivity (Wildman–Crippen MR) is 78.4 cm³/mol. The fourth-order valence-electron chi connectivity index (χ4n) is 2.79. The molecule has 3 heterocycles. The molecule has 0 aliphatic carbocycles. The number of H-pyrrole nitrogens is 1. The molecule has 1 fully saturated rings. The van der Waals surface area contributed by atoms with Crippen LogP contribution in [-0.4, -0.2) is 58.3 Å². The number of likely N-dealkylation sites (N-methyl/N-ethyl adjacent to an activating group) is 2. The summed E-state index contributed by atoms with van der Waals surface area (Å²) in [5.41, 5.74) is 3.19. The summed E-state index contributed by atoms with van der Waals surface area (Å²) in [6.45, 7) is 2.09.